The van der Waals surface area contributed by atoms with Gasteiger partial charge in [-0.1, -0.05) is 46.1 Å². The van der Waals surface area contributed by atoms with E-state index >= 15 is 0 Å². The molecule has 8 rings (SSSR count). The Kier molecular flexibility index (Phi) is 7.41. The lowest BCUT2D eigenvalue weighted by atomic mass is 9.70. The smallest absolute Gasteiger partial charge is 0.314 e. The molecule has 4 fully saturated rings. The van der Waals surface area contributed by atoms with Crippen molar-refractivity contribution in [1.29, 1.82) is 0 Å². The molecule has 1 aliphatic heterocycles. The Morgan fingerprint density at radius 2 is 1.76 bits per heavy atom. The number of ether oxygens (including phenoxy) is 2. The fourth-order valence-electron chi connectivity index (χ4n) is 10.2. The van der Waals surface area contributed by atoms with Crippen LogP contribution in [0.1, 0.15) is 112 Å². The maximum atomic E-state index is 14.7. The quantitative estimate of drug-likeness (QED) is 0.265. The third kappa shape index (κ3) is 4.75. The first kappa shape index (κ1) is 32.8. The zero-order valence-electron chi connectivity index (χ0n) is 29.6. The minimum atomic E-state index is -3.98. The lowest BCUT2D eigenvalue weighted by molar-refractivity contribution is -0.164. The van der Waals surface area contributed by atoms with Crippen molar-refractivity contribution in [2.45, 2.75) is 103 Å². The Bertz CT molecular complexity index is 1990. The van der Waals surface area contributed by atoms with Gasteiger partial charge >= 0.3 is 16.2 Å². The molecule has 2 aromatic carbocycles. The molecule has 2 bridgehead atoms. The van der Waals surface area contributed by atoms with Crippen LogP contribution in [0.4, 0.5) is 0 Å². The van der Waals surface area contributed by atoms with Crippen LogP contribution in [0.2, 0.25) is 0 Å². The second kappa shape index (κ2) is 11.1. The summed E-state index contributed by atoms with van der Waals surface area (Å²) in [7, 11) is 0.472. The summed E-state index contributed by atoms with van der Waals surface area (Å²) in [6.45, 7) is 7.43. The summed E-state index contributed by atoms with van der Waals surface area (Å²) >= 11 is 0. The molecule has 9 nitrogen and oxygen atoms in total. The van der Waals surface area contributed by atoms with Gasteiger partial charge in [0.05, 0.1) is 18.2 Å². The maximum Gasteiger partial charge on any atom is 0.314 e. The Morgan fingerprint density at radius 1 is 1.00 bits per heavy atom. The van der Waals surface area contributed by atoms with E-state index in [9.17, 15) is 18.0 Å². The predicted octanol–water partition coefficient (Wildman–Crippen LogP) is 7.15. The highest BCUT2D eigenvalue weighted by Gasteiger charge is 2.67. The number of rotatable bonds is 7. The molecule has 0 saturated heterocycles. The van der Waals surface area contributed by atoms with Crippen LogP contribution in [-0.4, -0.2) is 56.5 Å². The first-order valence-electron chi connectivity index (χ1n) is 18.0. The van der Waals surface area contributed by atoms with E-state index in [1.165, 1.54) is 32.5 Å². The summed E-state index contributed by atoms with van der Waals surface area (Å²) in [4.78, 5) is 28.1. The molecule has 4 saturated carbocycles. The first-order valence-corrected chi connectivity index (χ1v) is 19.5. The molecule has 2 heterocycles. The summed E-state index contributed by atoms with van der Waals surface area (Å²) in [5.74, 6) is 0.830. The number of esters is 1. The zero-order valence-corrected chi connectivity index (χ0v) is 30.4. The maximum absolute atomic E-state index is 14.7. The van der Waals surface area contributed by atoms with Crippen molar-refractivity contribution >= 4 is 33.0 Å². The van der Waals surface area contributed by atoms with E-state index in [1.54, 1.807) is 13.2 Å². The predicted molar refractivity (Wildman–Crippen MR) is 189 cm³/mol. The Labute approximate surface area is 289 Å². The molecule has 1 N–H and O–H groups in total. The van der Waals surface area contributed by atoms with Crippen molar-refractivity contribution in [3.8, 4) is 17.0 Å². The Morgan fingerprint density at radius 3 is 2.41 bits per heavy atom. The number of benzene rings is 2. The van der Waals surface area contributed by atoms with Gasteiger partial charge in [-0.05, 0) is 97.2 Å². The molecular formula is C39H49N3O6S. The van der Waals surface area contributed by atoms with Gasteiger partial charge in [-0.15, -0.1) is 0 Å². The van der Waals surface area contributed by atoms with Crippen molar-refractivity contribution in [2.24, 2.45) is 22.2 Å². The molecule has 4 aliphatic carbocycles. The molecule has 1 aromatic heterocycles. The number of nitrogens with zero attached hydrogens (tertiary/aromatic N) is 2. The van der Waals surface area contributed by atoms with E-state index in [1.807, 2.05) is 18.2 Å². The topological polar surface area (TPSA) is 107 Å². The average molecular weight is 688 g/mol. The number of hydrogen-bond donors (Lipinski definition) is 1. The van der Waals surface area contributed by atoms with Gasteiger partial charge in [0, 0.05) is 54.0 Å². The van der Waals surface area contributed by atoms with Gasteiger partial charge < -0.3 is 14.0 Å². The van der Waals surface area contributed by atoms with Crippen molar-refractivity contribution in [2.75, 3.05) is 21.2 Å². The largest absolute Gasteiger partial charge is 0.497 e. The number of aromatic nitrogens is 1. The number of methoxy groups -OCH3 is 1. The van der Waals surface area contributed by atoms with Gasteiger partial charge in [0.15, 0.2) is 0 Å². The standard InChI is InChI=1S/C39H49N3O6S/c1-37(2)25-16-17-38(37,3)32(19-25)48-36(44)39-21-30(39)29-20-26(47-6)13-15-27(29)34-33(23-10-8-7-9-11-23)28-14-12-24(18-31(28)42(34)22-39)35(43)40-49(45,46)41(4)5/h12-15,18,20,23,25,30,32H,7-11,16-17,19,21-22H2,1-6H3,(H,40,43)/t25-,30?,32-,38-,39?/m1/s1. The molecule has 3 aromatic rings. The van der Waals surface area contributed by atoms with E-state index in [0.717, 1.165) is 76.3 Å². The molecule has 5 atom stereocenters. The summed E-state index contributed by atoms with van der Waals surface area (Å²) in [5.41, 5.74) is 5.01. The highest BCUT2D eigenvalue weighted by molar-refractivity contribution is 7.87. The molecule has 49 heavy (non-hydrogen) atoms. The van der Waals surface area contributed by atoms with Crippen molar-refractivity contribution in [3.05, 3.63) is 53.1 Å². The summed E-state index contributed by atoms with van der Waals surface area (Å²) in [6, 6.07) is 11.8. The van der Waals surface area contributed by atoms with Gasteiger partial charge in [-0.25, -0.2) is 4.72 Å². The molecule has 1 amide bonds. The molecule has 10 heteroatoms. The molecule has 0 radical (unpaired) electrons. The Hall–Kier alpha value is -3.37. The lowest BCUT2D eigenvalue weighted by Gasteiger charge is -2.39. The highest BCUT2D eigenvalue weighted by Crippen LogP contribution is 2.69. The van der Waals surface area contributed by atoms with Gasteiger partial charge in [0.1, 0.15) is 11.9 Å². The van der Waals surface area contributed by atoms with Crippen LogP contribution >= 0.6 is 0 Å². The number of amides is 1. The number of fused-ring (bicyclic) bond motifs is 9. The van der Waals surface area contributed by atoms with Crippen LogP contribution in [0, 0.1) is 22.2 Å². The van der Waals surface area contributed by atoms with E-state index in [0.29, 0.717) is 24.8 Å². The Balaban J connectivity index is 1.28. The van der Waals surface area contributed by atoms with Crippen molar-refractivity contribution < 1.29 is 27.5 Å². The monoisotopic (exact) mass is 687 g/mol. The minimum absolute atomic E-state index is 0.0182. The van der Waals surface area contributed by atoms with E-state index in [2.05, 4.69) is 42.2 Å². The summed E-state index contributed by atoms with van der Waals surface area (Å²) in [6.07, 6.45) is 9.44. The molecular weight excluding hydrogens is 639 g/mol. The number of nitrogens with one attached hydrogen (secondary N) is 1. The number of hydrogen-bond acceptors (Lipinski definition) is 6. The third-order valence-corrected chi connectivity index (χ3v) is 15.3. The van der Waals surface area contributed by atoms with Crippen molar-refractivity contribution in [1.82, 2.24) is 13.6 Å². The SMILES string of the molecule is COc1ccc2c(c1)C1CC1(C(=O)O[C@@H]1C[C@H]3CC[C@@]1(C)C3(C)C)Cn1c-2c(C2CCCCC2)c2ccc(C(=O)NS(=O)(=O)N(C)C)cc21. The molecule has 0 spiro atoms. The van der Waals surface area contributed by atoms with Crippen LogP contribution in [0.5, 0.6) is 5.75 Å². The first-order chi connectivity index (χ1) is 23.2. The zero-order chi connectivity index (χ0) is 34.7. The summed E-state index contributed by atoms with van der Waals surface area (Å²) in [5, 5.41) is 1.06. The van der Waals surface area contributed by atoms with Crippen LogP contribution in [0.25, 0.3) is 22.2 Å². The van der Waals surface area contributed by atoms with E-state index < -0.39 is 21.5 Å². The summed E-state index contributed by atoms with van der Waals surface area (Å²) < 4.78 is 43.0. The van der Waals surface area contributed by atoms with Crippen LogP contribution in [0.15, 0.2) is 36.4 Å². The van der Waals surface area contributed by atoms with Gasteiger partial charge in [0.25, 0.3) is 5.91 Å². The van der Waals surface area contributed by atoms with Crippen LogP contribution < -0.4 is 9.46 Å². The van der Waals surface area contributed by atoms with Crippen molar-refractivity contribution in [3.63, 3.8) is 0 Å². The van der Waals surface area contributed by atoms with Crippen LogP contribution in [0.3, 0.4) is 0 Å². The number of carbonyl (C=O) groups is 2. The molecule has 5 aliphatic rings. The lowest BCUT2D eigenvalue weighted by Crippen LogP contribution is -2.40. The highest BCUT2D eigenvalue weighted by atomic mass is 32.2. The van der Waals surface area contributed by atoms with Gasteiger partial charge in [-0.3, -0.25) is 9.59 Å². The molecule has 2 unspecified atom stereocenters. The van der Waals surface area contributed by atoms with Crippen LogP contribution in [-0.2, 0) is 26.3 Å². The van der Waals surface area contributed by atoms with Gasteiger partial charge in [0.2, 0.25) is 0 Å². The normalized spacial score (nSPS) is 30.0. The molecule has 262 valence electrons. The minimum Gasteiger partial charge on any atom is -0.497 e. The van der Waals surface area contributed by atoms with E-state index in [4.69, 9.17) is 9.47 Å². The average Bonchev–Trinajstić information content (AvgIpc) is 3.63. The van der Waals surface area contributed by atoms with E-state index in [-0.39, 0.29) is 34.4 Å². The third-order valence-electron chi connectivity index (χ3n) is 13.9. The second-order valence-electron chi connectivity index (χ2n) is 16.5. The second-order valence-corrected chi connectivity index (χ2v) is 18.4. The fourth-order valence-corrected chi connectivity index (χ4v) is 10.8. The fraction of sp³-hybridized carbons (Fsp3) is 0.590. The van der Waals surface area contributed by atoms with Gasteiger partial charge in [-0.2, -0.15) is 12.7 Å². The number of carbonyl (C=O) groups excluding carboxylic acids is 2.